The molecule has 3 aromatic rings. The van der Waals surface area contributed by atoms with Crippen molar-refractivity contribution in [3.63, 3.8) is 0 Å². The summed E-state index contributed by atoms with van der Waals surface area (Å²) in [7, 11) is 0. The molecule has 0 bridgehead atoms. The van der Waals surface area contributed by atoms with Crippen molar-refractivity contribution >= 4 is 28.8 Å². The van der Waals surface area contributed by atoms with Crippen LogP contribution < -0.4 is 16.0 Å². The normalized spacial score (nSPS) is 18.2. The molecule has 0 spiro atoms. The summed E-state index contributed by atoms with van der Waals surface area (Å²) in [4.78, 5) is 28.4. The van der Waals surface area contributed by atoms with Crippen molar-refractivity contribution in [2.24, 2.45) is 4.99 Å². The Morgan fingerprint density at radius 2 is 1.85 bits per heavy atom. The lowest BCUT2D eigenvalue weighted by Gasteiger charge is -2.25. The third-order valence-electron chi connectivity index (χ3n) is 7.18. The SMILES string of the molecule is CC1=C(c2ccnc(C3(c4ccc(C(=O)Nc5ccccc5N)cc4)CC3)n2)[N+]2CN(C(F)(F)F)C=CC2=N1. The number of fused-ring (bicyclic) bond motifs is 1. The van der Waals surface area contributed by atoms with E-state index in [0.717, 1.165) is 24.6 Å². The molecule has 1 radical (unpaired) electrons. The smallest absolute Gasteiger partial charge is 0.397 e. The van der Waals surface area contributed by atoms with Crippen molar-refractivity contribution in [3.8, 4) is 0 Å². The van der Waals surface area contributed by atoms with Crippen LogP contribution in [0.3, 0.4) is 0 Å². The van der Waals surface area contributed by atoms with Crippen LogP contribution in [0.25, 0.3) is 5.70 Å². The van der Waals surface area contributed by atoms with E-state index in [-0.39, 0.29) is 5.91 Å². The number of nitrogens with one attached hydrogen (secondary N) is 1. The highest BCUT2D eigenvalue weighted by molar-refractivity contribution is 6.06. The second-order valence-corrected chi connectivity index (χ2v) is 9.69. The van der Waals surface area contributed by atoms with Crippen LogP contribution in [0, 0.1) is 0 Å². The zero-order valence-corrected chi connectivity index (χ0v) is 20.9. The Balaban J connectivity index is 1.24. The number of hydrogen-bond donors (Lipinski definition) is 2. The number of para-hydroxylation sites is 2. The summed E-state index contributed by atoms with van der Waals surface area (Å²) in [5.74, 6) is 0.754. The van der Waals surface area contributed by atoms with Gasteiger partial charge in [0.1, 0.15) is 17.2 Å². The molecule has 11 heteroatoms. The third kappa shape index (κ3) is 4.44. The van der Waals surface area contributed by atoms with Crippen LogP contribution in [0.15, 0.2) is 83.8 Å². The highest BCUT2D eigenvalue weighted by atomic mass is 19.4. The van der Waals surface area contributed by atoms with E-state index in [1.165, 1.54) is 11.0 Å². The summed E-state index contributed by atoms with van der Waals surface area (Å²) in [6, 6.07) is 16.0. The highest BCUT2D eigenvalue weighted by Crippen LogP contribution is 2.52. The number of amides is 1. The number of allylic oxidation sites excluding steroid dienone is 1. The fraction of sp³-hybridized carbons (Fsp3) is 0.214. The van der Waals surface area contributed by atoms with Crippen molar-refractivity contribution in [2.75, 3.05) is 17.7 Å². The molecule has 6 rings (SSSR count). The number of benzene rings is 2. The number of nitrogens with zero attached hydrogens (tertiary/aromatic N) is 5. The number of aliphatic imine (C=N–C) groups is 1. The average molecular weight is 532 g/mol. The van der Waals surface area contributed by atoms with Crippen molar-refractivity contribution in [1.82, 2.24) is 19.8 Å². The third-order valence-corrected chi connectivity index (χ3v) is 7.18. The molecule has 2 aromatic carbocycles. The van der Waals surface area contributed by atoms with E-state index in [0.29, 0.717) is 50.6 Å². The van der Waals surface area contributed by atoms with Gasteiger partial charge in [0.05, 0.1) is 16.8 Å². The van der Waals surface area contributed by atoms with Crippen LogP contribution >= 0.6 is 0 Å². The molecule has 1 fully saturated rings. The maximum absolute atomic E-state index is 13.4. The van der Waals surface area contributed by atoms with Crippen LogP contribution in [0.1, 0.15) is 47.2 Å². The summed E-state index contributed by atoms with van der Waals surface area (Å²) in [6.45, 7) is 1.35. The fourth-order valence-electron chi connectivity index (χ4n) is 4.94. The number of halogens is 3. The molecule has 197 valence electrons. The van der Waals surface area contributed by atoms with Crippen LogP contribution in [0.2, 0.25) is 0 Å². The molecule has 0 atom stereocenters. The topological polar surface area (TPSA) is 102 Å². The Hall–Kier alpha value is -4.51. The zero-order chi connectivity index (χ0) is 27.4. The lowest BCUT2D eigenvalue weighted by Crippen LogP contribution is -2.49. The van der Waals surface area contributed by atoms with E-state index in [4.69, 9.17) is 10.7 Å². The second kappa shape index (κ2) is 9.05. The number of nitrogens with two attached hydrogens (primary N) is 1. The number of aromatic nitrogens is 2. The summed E-state index contributed by atoms with van der Waals surface area (Å²) in [5, 5.41) is 2.82. The van der Waals surface area contributed by atoms with Gasteiger partial charge >= 0.3 is 6.30 Å². The number of carbonyl (C=O) groups excluding carboxylic acids is 1. The number of rotatable bonds is 5. The van der Waals surface area contributed by atoms with E-state index in [1.54, 1.807) is 55.6 Å². The lowest BCUT2D eigenvalue weighted by molar-refractivity contribution is -0.230. The van der Waals surface area contributed by atoms with E-state index >= 15 is 0 Å². The largest absolute Gasteiger partial charge is 0.488 e. The van der Waals surface area contributed by atoms with Gasteiger partial charge in [0, 0.05) is 24.0 Å². The second-order valence-electron chi connectivity index (χ2n) is 9.69. The molecule has 0 unspecified atom stereocenters. The Labute approximate surface area is 222 Å². The standard InChI is InChI=1S/C28H24F3N7O/c1-17-24(38-16-37(28(29,30)31)15-11-23(38)34-17)22-10-14-33-26(36-22)27(12-13-27)19-8-6-18(7-9-19)25(39)35-21-5-3-2-4-20(21)32/h2-11,14-15H,12-13,16,32H2,1H3,(H,35,39)/q+1. The first kappa shape index (κ1) is 24.8. The molecule has 2 aliphatic heterocycles. The maximum atomic E-state index is 13.4. The number of nitrogen functional groups attached to an aromatic ring is 1. The van der Waals surface area contributed by atoms with Gasteiger partial charge in [0.2, 0.25) is 12.4 Å². The molecule has 3 aliphatic rings. The van der Waals surface area contributed by atoms with Gasteiger partial charge < -0.3 is 11.1 Å². The van der Waals surface area contributed by atoms with Gasteiger partial charge in [-0.2, -0.15) is 4.99 Å². The number of hydrogen-bond acceptors (Lipinski definition) is 7. The van der Waals surface area contributed by atoms with Crippen molar-refractivity contribution < 1.29 is 18.0 Å². The first-order valence-corrected chi connectivity index (χ1v) is 12.3. The number of amidine groups is 1. The minimum absolute atomic E-state index is 0.273. The van der Waals surface area contributed by atoms with Gasteiger partial charge in [-0.25, -0.2) is 14.9 Å². The Bertz CT molecular complexity index is 1560. The molecular weight excluding hydrogens is 507 g/mol. The number of carbonyl (C=O) groups is 1. The maximum Gasteiger partial charge on any atom is 0.488 e. The van der Waals surface area contributed by atoms with E-state index < -0.39 is 18.4 Å². The first-order valence-electron chi connectivity index (χ1n) is 12.3. The first-order chi connectivity index (χ1) is 18.7. The molecule has 3 heterocycles. The summed E-state index contributed by atoms with van der Waals surface area (Å²) >= 11 is 0. The van der Waals surface area contributed by atoms with Gasteiger partial charge in [-0.05, 0) is 55.7 Å². The van der Waals surface area contributed by atoms with Crippen LogP contribution in [0.5, 0.6) is 0 Å². The number of anilines is 2. The predicted molar refractivity (Wildman–Crippen MR) is 141 cm³/mol. The minimum atomic E-state index is -4.50. The van der Waals surface area contributed by atoms with Crippen molar-refractivity contribution in [3.05, 3.63) is 101 Å². The summed E-state index contributed by atoms with van der Waals surface area (Å²) in [5.41, 5.74) is 9.60. The van der Waals surface area contributed by atoms with Crippen LogP contribution in [0.4, 0.5) is 24.5 Å². The highest BCUT2D eigenvalue weighted by Gasteiger charge is 2.50. The van der Waals surface area contributed by atoms with E-state index in [9.17, 15) is 18.0 Å². The molecule has 1 amide bonds. The summed E-state index contributed by atoms with van der Waals surface area (Å²) in [6.07, 6.45) is 1.10. The van der Waals surface area contributed by atoms with E-state index in [1.807, 2.05) is 12.1 Å². The minimum Gasteiger partial charge on any atom is -0.397 e. The summed E-state index contributed by atoms with van der Waals surface area (Å²) < 4.78 is 40.1. The zero-order valence-electron chi connectivity index (χ0n) is 20.9. The monoisotopic (exact) mass is 531 g/mol. The van der Waals surface area contributed by atoms with Crippen molar-refractivity contribution in [1.29, 1.82) is 0 Å². The van der Waals surface area contributed by atoms with E-state index in [2.05, 4.69) is 15.3 Å². The number of alkyl halides is 3. The Kier molecular flexibility index (Phi) is 5.76. The molecule has 1 aliphatic carbocycles. The molecule has 1 aromatic heterocycles. The Morgan fingerprint density at radius 3 is 2.54 bits per heavy atom. The molecule has 0 saturated heterocycles. The van der Waals surface area contributed by atoms with Crippen molar-refractivity contribution in [2.45, 2.75) is 31.5 Å². The predicted octanol–water partition coefficient (Wildman–Crippen LogP) is 4.94. The van der Waals surface area contributed by atoms with Gasteiger partial charge in [0.15, 0.2) is 0 Å². The Morgan fingerprint density at radius 1 is 1.10 bits per heavy atom. The van der Waals surface area contributed by atoms with Gasteiger partial charge in [-0.3, -0.25) is 4.79 Å². The average Bonchev–Trinajstić information content (AvgIpc) is 3.66. The van der Waals surface area contributed by atoms with Gasteiger partial charge in [0.25, 0.3) is 11.7 Å². The molecule has 39 heavy (non-hydrogen) atoms. The van der Waals surface area contributed by atoms with Gasteiger partial charge in [-0.1, -0.05) is 29.2 Å². The lowest BCUT2D eigenvalue weighted by atomic mass is 9.93. The van der Waals surface area contributed by atoms with Gasteiger partial charge in [-0.15, -0.1) is 13.2 Å². The molecular formula is C28H24F3N7O+. The fourth-order valence-corrected chi connectivity index (χ4v) is 4.94. The molecule has 8 nitrogen and oxygen atoms in total. The van der Waals surface area contributed by atoms with Crippen LogP contribution in [-0.2, 0) is 5.41 Å². The van der Waals surface area contributed by atoms with Crippen LogP contribution in [-0.4, -0.2) is 39.6 Å². The molecule has 3 N–H and O–H groups in total. The molecule has 1 saturated carbocycles. The quantitative estimate of drug-likeness (QED) is 0.276.